The van der Waals surface area contributed by atoms with Crippen LogP contribution in [0.3, 0.4) is 0 Å². The Kier molecular flexibility index (Phi) is 8.04. The van der Waals surface area contributed by atoms with Gasteiger partial charge in [0, 0.05) is 25.1 Å². The van der Waals surface area contributed by atoms with E-state index in [4.69, 9.17) is 4.74 Å². The smallest absolute Gasteiger partial charge is 0.340 e. The van der Waals surface area contributed by atoms with Crippen LogP contribution in [0.15, 0.2) is 66.1 Å². The van der Waals surface area contributed by atoms with Crippen molar-refractivity contribution in [1.29, 1.82) is 0 Å². The van der Waals surface area contributed by atoms with E-state index in [0.29, 0.717) is 16.5 Å². The molecule has 0 aliphatic carbocycles. The fourth-order valence-corrected chi connectivity index (χ4v) is 3.58. The number of thioether (sulfide) groups is 1. The zero-order chi connectivity index (χ0) is 22.9. The lowest BCUT2D eigenvalue weighted by atomic mass is 10.1. The third kappa shape index (κ3) is 6.45. The van der Waals surface area contributed by atoms with Crippen LogP contribution in [0.2, 0.25) is 0 Å². The van der Waals surface area contributed by atoms with Gasteiger partial charge in [0.15, 0.2) is 11.8 Å². The lowest BCUT2D eigenvalue weighted by molar-refractivity contribution is -0.119. The molecule has 3 aromatic rings. The summed E-state index contributed by atoms with van der Waals surface area (Å²) in [5, 5.41) is 6.14. The molecule has 2 amide bonds. The number of nitrogens with zero attached hydrogens (tertiary/aromatic N) is 2. The number of ether oxygens (including phenoxy) is 1. The van der Waals surface area contributed by atoms with Crippen LogP contribution in [-0.2, 0) is 27.8 Å². The highest BCUT2D eigenvalue weighted by Crippen LogP contribution is 2.19. The van der Waals surface area contributed by atoms with Gasteiger partial charge in [0.25, 0.3) is 5.91 Å². The first-order valence-corrected chi connectivity index (χ1v) is 11.0. The Morgan fingerprint density at radius 3 is 2.62 bits per heavy atom. The number of carbonyl (C=O) groups excluding carboxylic acids is 3. The molecule has 0 radical (unpaired) electrons. The Balaban J connectivity index is 1.54. The van der Waals surface area contributed by atoms with Crippen LogP contribution < -0.4 is 10.6 Å². The van der Waals surface area contributed by atoms with Crippen molar-refractivity contribution in [2.24, 2.45) is 7.05 Å². The molecule has 0 unspecified atom stereocenters. The molecule has 0 aliphatic rings. The van der Waals surface area contributed by atoms with E-state index in [1.807, 2.05) is 36.7 Å². The fraction of sp³-hybridized carbons (Fsp3) is 0.217. The van der Waals surface area contributed by atoms with E-state index in [1.54, 1.807) is 36.7 Å². The second-order valence-corrected chi connectivity index (χ2v) is 7.82. The predicted octanol–water partition coefficient (Wildman–Crippen LogP) is 3.51. The number of aryl methyl sites for hydroxylation is 2. The summed E-state index contributed by atoms with van der Waals surface area (Å²) < 4.78 is 6.97. The van der Waals surface area contributed by atoms with Crippen molar-refractivity contribution in [3.05, 3.63) is 72.1 Å². The van der Waals surface area contributed by atoms with Crippen LogP contribution in [0.1, 0.15) is 22.8 Å². The molecule has 1 aromatic heterocycles. The van der Waals surface area contributed by atoms with Crippen LogP contribution in [0.25, 0.3) is 0 Å². The van der Waals surface area contributed by atoms with Gasteiger partial charge in [-0.05, 0) is 36.2 Å². The topological polar surface area (TPSA) is 102 Å². The molecule has 3 rings (SSSR count). The highest BCUT2D eigenvalue weighted by molar-refractivity contribution is 7.99. The largest absolute Gasteiger partial charge is 0.452 e. The van der Waals surface area contributed by atoms with Crippen LogP contribution in [0.4, 0.5) is 11.4 Å². The number of anilines is 2. The lowest BCUT2D eigenvalue weighted by Gasteiger charge is -2.11. The van der Waals surface area contributed by atoms with Crippen molar-refractivity contribution in [3.8, 4) is 0 Å². The molecule has 0 saturated heterocycles. The van der Waals surface area contributed by atoms with Crippen LogP contribution in [0.5, 0.6) is 0 Å². The van der Waals surface area contributed by atoms with Gasteiger partial charge in [-0.15, -0.1) is 0 Å². The third-order valence-corrected chi connectivity index (χ3v) is 5.54. The average molecular weight is 453 g/mol. The standard InChI is InChI=1S/C23H24N4O4S/c1-3-16-7-6-8-17(13-16)25-20(28)14-31-22(30)18-9-4-5-10-19(18)26-21(29)15-32-23-24-11-12-27(23)2/h4-13H,3,14-15H2,1-2H3,(H,25,28)(H,26,29). The first-order valence-electron chi connectivity index (χ1n) is 10.0. The first-order chi connectivity index (χ1) is 15.5. The highest BCUT2D eigenvalue weighted by atomic mass is 32.2. The lowest BCUT2D eigenvalue weighted by Crippen LogP contribution is -2.22. The molecule has 0 bridgehead atoms. The number of benzene rings is 2. The Labute approximate surface area is 190 Å². The Morgan fingerprint density at radius 2 is 1.88 bits per heavy atom. The summed E-state index contributed by atoms with van der Waals surface area (Å²) in [5.74, 6) is -1.30. The van der Waals surface area contributed by atoms with Crippen LogP contribution in [-0.4, -0.2) is 39.7 Å². The van der Waals surface area contributed by atoms with E-state index in [9.17, 15) is 14.4 Å². The minimum Gasteiger partial charge on any atom is -0.452 e. The van der Waals surface area contributed by atoms with Gasteiger partial charge >= 0.3 is 5.97 Å². The maximum atomic E-state index is 12.5. The summed E-state index contributed by atoms with van der Waals surface area (Å²) >= 11 is 1.28. The Morgan fingerprint density at radius 1 is 1.06 bits per heavy atom. The quantitative estimate of drug-likeness (QED) is 0.381. The molecular weight excluding hydrogens is 428 g/mol. The molecule has 2 aromatic carbocycles. The van der Waals surface area contributed by atoms with Crippen LogP contribution in [0, 0.1) is 0 Å². The minimum absolute atomic E-state index is 0.132. The summed E-state index contributed by atoms with van der Waals surface area (Å²) in [5.41, 5.74) is 2.22. The number of hydrogen-bond acceptors (Lipinski definition) is 6. The van der Waals surface area contributed by atoms with Gasteiger partial charge in [0.1, 0.15) is 0 Å². The molecule has 0 spiro atoms. The maximum Gasteiger partial charge on any atom is 0.340 e. The molecule has 9 heteroatoms. The van der Waals surface area contributed by atoms with Gasteiger partial charge < -0.3 is 19.9 Å². The van der Waals surface area contributed by atoms with Gasteiger partial charge in [0.2, 0.25) is 5.91 Å². The van der Waals surface area contributed by atoms with E-state index in [2.05, 4.69) is 15.6 Å². The number of imidazole rings is 1. The normalized spacial score (nSPS) is 10.4. The zero-order valence-corrected chi connectivity index (χ0v) is 18.6. The van der Waals surface area contributed by atoms with Crippen molar-refractivity contribution in [3.63, 3.8) is 0 Å². The number of carbonyl (C=O) groups is 3. The summed E-state index contributed by atoms with van der Waals surface area (Å²) in [6.07, 6.45) is 4.30. The molecule has 0 saturated carbocycles. The fourth-order valence-electron chi connectivity index (χ4n) is 2.85. The molecule has 0 atom stereocenters. The number of nitrogens with one attached hydrogen (secondary N) is 2. The second kappa shape index (κ2) is 11.1. The number of hydrogen-bond donors (Lipinski definition) is 2. The van der Waals surface area contributed by atoms with E-state index in [-0.39, 0.29) is 17.2 Å². The van der Waals surface area contributed by atoms with E-state index in [1.165, 1.54) is 17.8 Å². The summed E-state index contributed by atoms with van der Waals surface area (Å²) in [7, 11) is 1.84. The maximum absolute atomic E-state index is 12.5. The zero-order valence-electron chi connectivity index (χ0n) is 17.8. The van der Waals surface area contributed by atoms with Gasteiger partial charge in [-0.25, -0.2) is 9.78 Å². The monoisotopic (exact) mass is 452 g/mol. The summed E-state index contributed by atoms with van der Waals surface area (Å²) in [6.45, 7) is 1.59. The molecule has 0 fully saturated rings. The molecular formula is C23H24N4O4S. The van der Waals surface area contributed by atoms with E-state index in [0.717, 1.165) is 12.0 Å². The second-order valence-electron chi connectivity index (χ2n) is 6.88. The molecule has 32 heavy (non-hydrogen) atoms. The summed E-state index contributed by atoms with van der Waals surface area (Å²) in [6, 6.07) is 14.0. The number of rotatable bonds is 9. The summed E-state index contributed by atoms with van der Waals surface area (Å²) in [4.78, 5) is 41.2. The van der Waals surface area contributed by atoms with Gasteiger partial charge in [-0.1, -0.05) is 43.0 Å². The predicted molar refractivity (Wildman–Crippen MR) is 124 cm³/mol. The van der Waals surface area contributed by atoms with Gasteiger partial charge in [0.05, 0.1) is 17.0 Å². The number of para-hydroxylation sites is 1. The molecule has 2 N–H and O–H groups in total. The number of aromatic nitrogens is 2. The van der Waals surface area contributed by atoms with Gasteiger partial charge in [-0.3, -0.25) is 9.59 Å². The van der Waals surface area contributed by atoms with Crippen molar-refractivity contribution in [2.45, 2.75) is 18.5 Å². The van der Waals surface area contributed by atoms with Crippen molar-refractivity contribution in [2.75, 3.05) is 23.0 Å². The Hall–Kier alpha value is -3.59. The molecule has 8 nitrogen and oxygen atoms in total. The average Bonchev–Trinajstić information content (AvgIpc) is 3.21. The molecule has 166 valence electrons. The van der Waals surface area contributed by atoms with Crippen molar-refractivity contribution >= 4 is 40.9 Å². The minimum atomic E-state index is -0.699. The van der Waals surface area contributed by atoms with Crippen molar-refractivity contribution < 1.29 is 19.1 Å². The van der Waals surface area contributed by atoms with Gasteiger partial charge in [-0.2, -0.15) is 0 Å². The third-order valence-electron chi connectivity index (χ3n) is 4.48. The van der Waals surface area contributed by atoms with E-state index < -0.39 is 18.5 Å². The van der Waals surface area contributed by atoms with Crippen molar-refractivity contribution in [1.82, 2.24) is 9.55 Å². The number of amides is 2. The molecule has 1 heterocycles. The first kappa shape index (κ1) is 23.1. The SMILES string of the molecule is CCc1cccc(NC(=O)COC(=O)c2ccccc2NC(=O)CSc2nccn2C)c1. The number of esters is 1. The van der Waals surface area contributed by atoms with E-state index >= 15 is 0 Å². The van der Waals surface area contributed by atoms with Crippen LogP contribution >= 0.6 is 11.8 Å². The highest BCUT2D eigenvalue weighted by Gasteiger charge is 2.16. The Bertz CT molecular complexity index is 1110. The molecule has 0 aliphatic heterocycles.